The van der Waals surface area contributed by atoms with Gasteiger partial charge in [0.05, 0.1) is 6.61 Å². The van der Waals surface area contributed by atoms with Crippen molar-refractivity contribution in [2.24, 2.45) is 0 Å². The fourth-order valence-corrected chi connectivity index (χ4v) is 2.87. The van der Waals surface area contributed by atoms with Crippen LogP contribution in [0.1, 0.15) is 41.6 Å². The smallest absolute Gasteiger partial charge is 0.305 e. The topological polar surface area (TPSA) is 96.5 Å². The van der Waals surface area contributed by atoms with Crippen LogP contribution in [0.5, 0.6) is 0 Å². The monoisotopic (exact) mass is 461 g/mol. The number of nitrogens with one attached hydrogen (secondary N) is 3. The average Bonchev–Trinajstić information content (AvgIpc) is 2.76. The Morgan fingerprint density at radius 2 is 1.61 bits per heavy atom. The first kappa shape index (κ1) is 24.3. The number of carbonyl (C=O) groups is 3. The molecule has 31 heavy (non-hydrogen) atoms. The predicted octanol–water partition coefficient (Wildman–Crippen LogP) is 3.32. The van der Waals surface area contributed by atoms with E-state index in [1.807, 2.05) is 30.3 Å². The number of hydrogen-bond donors (Lipinski definition) is 3. The molecule has 0 heterocycles. The molecule has 0 saturated carbocycles. The van der Waals surface area contributed by atoms with Gasteiger partial charge in [0, 0.05) is 23.4 Å². The molecule has 0 aliphatic rings. The van der Waals surface area contributed by atoms with Gasteiger partial charge in [-0.05, 0) is 61.3 Å². The highest BCUT2D eigenvalue weighted by molar-refractivity contribution is 7.80. The molecule has 0 aromatic heterocycles. The molecule has 0 unspecified atom stereocenters. The van der Waals surface area contributed by atoms with Gasteiger partial charge >= 0.3 is 5.97 Å². The quantitative estimate of drug-likeness (QED) is 0.229. The molecule has 0 aliphatic carbocycles. The second kappa shape index (κ2) is 13.4. The van der Waals surface area contributed by atoms with E-state index in [9.17, 15) is 14.4 Å². The summed E-state index contributed by atoms with van der Waals surface area (Å²) in [5.41, 5.74) is 6.41. The lowest BCUT2D eigenvalue weighted by molar-refractivity contribution is -0.143. The SMILES string of the molecule is O=C(CCCC(=O)OCCCc1ccccc1)NC(=S)NNC(=O)c1ccc(Cl)cc1. The molecule has 0 bridgehead atoms. The highest BCUT2D eigenvalue weighted by Crippen LogP contribution is 2.09. The van der Waals surface area contributed by atoms with Gasteiger partial charge < -0.3 is 10.1 Å². The maximum Gasteiger partial charge on any atom is 0.305 e. The minimum absolute atomic E-state index is 0.0456. The maximum absolute atomic E-state index is 11.9. The number of benzene rings is 2. The van der Waals surface area contributed by atoms with E-state index < -0.39 is 5.91 Å². The van der Waals surface area contributed by atoms with Crippen LogP contribution in [0.3, 0.4) is 0 Å². The normalized spacial score (nSPS) is 10.1. The number of rotatable bonds is 9. The van der Waals surface area contributed by atoms with Crippen molar-refractivity contribution in [3.8, 4) is 0 Å². The third-order valence-electron chi connectivity index (χ3n) is 4.15. The van der Waals surface area contributed by atoms with Crippen LogP contribution in [0.25, 0.3) is 0 Å². The minimum atomic E-state index is -0.428. The zero-order valence-electron chi connectivity index (χ0n) is 16.9. The maximum atomic E-state index is 11.9. The number of aryl methyl sites for hydroxylation is 1. The fourth-order valence-electron chi connectivity index (χ4n) is 2.58. The summed E-state index contributed by atoms with van der Waals surface area (Å²) >= 11 is 10.7. The molecule has 2 aromatic carbocycles. The van der Waals surface area contributed by atoms with Crippen molar-refractivity contribution in [1.82, 2.24) is 16.2 Å². The van der Waals surface area contributed by atoms with Gasteiger partial charge in [0.15, 0.2) is 5.11 Å². The summed E-state index contributed by atoms with van der Waals surface area (Å²) in [5.74, 6) is -1.13. The Morgan fingerprint density at radius 1 is 0.903 bits per heavy atom. The van der Waals surface area contributed by atoms with Crippen LogP contribution in [-0.4, -0.2) is 29.5 Å². The molecule has 7 nitrogen and oxygen atoms in total. The Hall–Kier alpha value is -2.97. The Kier molecular flexibility index (Phi) is 10.5. The Balaban J connectivity index is 1.53. The van der Waals surface area contributed by atoms with Gasteiger partial charge in [0.2, 0.25) is 5.91 Å². The van der Waals surface area contributed by atoms with Crippen LogP contribution in [0.4, 0.5) is 0 Å². The van der Waals surface area contributed by atoms with E-state index in [1.54, 1.807) is 24.3 Å². The van der Waals surface area contributed by atoms with Gasteiger partial charge in [-0.3, -0.25) is 25.2 Å². The largest absolute Gasteiger partial charge is 0.466 e. The lowest BCUT2D eigenvalue weighted by Gasteiger charge is -2.11. The van der Waals surface area contributed by atoms with Gasteiger partial charge in [-0.25, -0.2) is 0 Å². The van der Waals surface area contributed by atoms with Crippen molar-refractivity contribution < 1.29 is 19.1 Å². The summed E-state index contributed by atoms with van der Waals surface area (Å²) < 4.78 is 5.18. The Bertz CT molecular complexity index is 891. The van der Waals surface area contributed by atoms with E-state index >= 15 is 0 Å². The fraction of sp³-hybridized carbons (Fsp3) is 0.273. The number of halogens is 1. The van der Waals surface area contributed by atoms with Gasteiger partial charge in [0.25, 0.3) is 5.91 Å². The molecule has 0 saturated heterocycles. The molecule has 9 heteroatoms. The number of esters is 1. The summed E-state index contributed by atoms with van der Waals surface area (Å²) in [5, 5.41) is 2.90. The molecule has 0 radical (unpaired) electrons. The summed E-state index contributed by atoms with van der Waals surface area (Å²) in [6.07, 6.45) is 2.18. The third-order valence-corrected chi connectivity index (χ3v) is 4.61. The summed E-state index contributed by atoms with van der Waals surface area (Å²) in [6, 6.07) is 16.3. The lowest BCUT2D eigenvalue weighted by Crippen LogP contribution is -2.48. The molecule has 2 aromatic rings. The average molecular weight is 462 g/mol. The van der Waals surface area contributed by atoms with Gasteiger partial charge in [-0.1, -0.05) is 41.9 Å². The standard InChI is InChI=1S/C22H24ClN3O4S/c23-18-13-11-17(12-14-18)21(29)25-26-22(31)24-19(27)9-4-10-20(28)30-15-5-8-16-6-2-1-3-7-16/h1-3,6-7,11-14H,4-5,8-10,15H2,(H,25,29)(H2,24,26,27,31). The van der Waals surface area contributed by atoms with Crippen LogP contribution in [0.2, 0.25) is 5.02 Å². The molecule has 164 valence electrons. The summed E-state index contributed by atoms with van der Waals surface area (Å²) in [7, 11) is 0. The highest BCUT2D eigenvalue weighted by Gasteiger charge is 2.09. The molecule has 0 aliphatic heterocycles. The number of hydrogen-bond acceptors (Lipinski definition) is 5. The summed E-state index contributed by atoms with van der Waals surface area (Å²) in [4.78, 5) is 35.6. The first-order valence-corrected chi connectivity index (χ1v) is 10.6. The van der Waals surface area contributed by atoms with Gasteiger partial charge in [0.1, 0.15) is 0 Å². The molecule has 0 fully saturated rings. The van der Waals surface area contributed by atoms with Crippen LogP contribution in [-0.2, 0) is 20.7 Å². The zero-order valence-corrected chi connectivity index (χ0v) is 18.4. The van der Waals surface area contributed by atoms with E-state index in [4.69, 9.17) is 28.6 Å². The van der Waals surface area contributed by atoms with Crippen molar-refractivity contribution in [3.63, 3.8) is 0 Å². The Morgan fingerprint density at radius 3 is 2.32 bits per heavy atom. The van der Waals surface area contributed by atoms with Crippen LogP contribution in [0.15, 0.2) is 54.6 Å². The molecule has 2 rings (SSSR count). The van der Waals surface area contributed by atoms with Gasteiger partial charge in [-0.2, -0.15) is 0 Å². The second-order valence-corrected chi connectivity index (χ2v) is 7.47. The second-order valence-electron chi connectivity index (χ2n) is 6.63. The number of hydrazine groups is 1. The van der Waals surface area contributed by atoms with Crippen LogP contribution >= 0.6 is 23.8 Å². The molecular weight excluding hydrogens is 438 g/mol. The zero-order chi connectivity index (χ0) is 22.5. The first-order valence-electron chi connectivity index (χ1n) is 9.79. The van der Waals surface area contributed by atoms with Crippen LogP contribution in [0, 0.1) is 0 Å². The van der Waals surface area contributed by atoms with Crippen molar-refractivity contribution >= 4 is 46.7 Å². The van der Waals surface area contributed by atoms with Gasteiger partial charge in [-0.15, -0.1) is 0 Å². The van der Waals surface area contributed by atoms with Crippen LogP contribution < -0.4 is 16.2 Å². The van der Waals surface area contributed by atoms with E-state index in [0.717, 1.165) is 12.8 Å². The Labute approximate surface area is 191 Å². The highest BCUT2D eigenvalue weighted by atomic mass is 35.5. The van der Waals surface area contributed by atoms with E-state index in [-0.39, 0.29) is 29.8 Å². The van der Waals surface area contributed by atoms with E-state index in [2.05, 4.69) is 16.2 Å². The van der Waals surface area contributed by atoms with Crippen molar-refractivity contribution in [3.05, 3.63) is 70.7 Å². The number of amides is 2. The first-order chi connectivity index (χ1) is 14.9. The summed E-state index contributed by atoms with van der Waals surface area (Å²) in [6.45, 7) is 0.348. The molecular formula is C22H24ClN3O4S. The third kappa shape index (κ3) is 10.1. The van der Waals surface area contributed by atoms with E-state index in [0.29, 0.717) is 23.6 Å². The minimum Gasteiger partial charge on any atom is -0.466 e. The number of thiocarbonyl (C=S) groups is 1. The molecule has 0 spiro atoms. The molecule has 0 atom stereocenters. The predicted molar refractivity (Wildman–Crippen MR) is 122 cm³/mol. The van der Waals surface area contributed by atoms with Crippen molar-refractivity contribution in [1.29, 1.82) is 0 Å². The number of carbonyl (C=O) groups excluding carboxylic acids is 3. The van der Waals surface area contributed by atoms with Crippen molar-refractivity contribution in [2.45, 2.75) is 32.1 Å². The number of ether oxygens (including phenoxy) is 1. The molecule has 3 N–H and O–H groups in total. The van der Waals surface area contributed by atoms with Crippen molar-refractivity contribution in [2.75, 3.05) is 6.61 Å². The van der Waals surface area contributed by atoms with E-state index in [1.165, 1.54) is 5.56 Å². The lowest BCUT2D eigenvalue weighted by atomic mass is 10.1. The molecule has 2 amide bonds.